The molecule has 2 aliphatic carbocycles. The molecule has 2 aliphatic heterocycles. The zero-order chi connectivity index (χ0) is 22.2. The summed E-state index contributed by atoms with van der Waals surface area (Å²) in [5.74, 6) is 0.876. The van der Waals surface area contributed by atoms with Gasteiger partial charge in [-0.25, -0.2) is 13.6 Å². The molecule has 0 unspecified atom stereocenters. The van der Waals surface area contributed by atoms with E-state index in [0.29, 0.717) is 5.92 Å². The number of nitro benzene ring substituents is 1. The van der Waals surface area contributed by atoms with Crippen LogP contribution in [-0.2, 0) is 10.0 Å². The molecule has 2 aromatic rings. The third-order valence-electron chi connectivity index (χ3n) is 7.60. The van der Waals surface area contributed by atoms with Gasteiger partial charge in [0.1, 0.15) is 0 Å². The molecule has 32 heavy (non-hydrogen) atoms. The van der Waals surface area contributed by atoms with E-state index < -0.39 is 10.0 Å². The molecule has 164 valence electrons. The normalized spacial score (nSPS) is 29.5. The molecule has 0 radical (unpaired) electrons. The molecule has 0 saturated heterocycles. The minimum atomic E-state index is -3.83. The van der Waals surface area contributed by atoms with E-state index in [9.17, 15) is 18.5 Å². The first kappa shape index (κ1) is 19.7. The van der Waals surface area contributed by atoms with Crippen LogP contribution in [0.15, 0.2) is 65.6 Å². The van der Waals surface area contributed by atoms with Crippen molar-refractivity contribution in [3.8, 4) is 0 Å². The molecule has 4 aliphatic rings. The second kappa shape index (κ2) is 6.76. The lowest BCUT2D eigenvalue weighted by atomic mass is 9.70. The number of anilines is 1. The van der Waals surface area contributed by atoms with E-state index in [1.165, 1.54) is 0 Å². The van der Waals surface area contributed by atoms with Gasteiger partial charge in [-0.2, -0.15) is 0 Å². The number of sulfonamides is 1. The van der Waals surface area contributed by atoms with Crippen molar-refractivity contribution in [2.24, 2.45) is 17.0 Å². The molecule has 5 atom stereocenters. The third kappa shape index (κ3) is 2.79. The lowest BCUT2D eigenvalue weighted by Gasteiger charge is -2.51. The molecule has 7 nitrogen and oxygen atoms in total. The van der Waals surface area contributed by atoms with Gasteiger partial charge < -0.3 is 4.90 Å². The summed E-state index contributed by atoms with van der Waals surface area (Å²) in [6, 6.07) is 10.5. The highest BCUT2D eigenvalue weighted by Crippen LogP contribution is 2.59. The Kier molecular flexibility index (Phi) is 4.16. The van der Waals surface area contributed by atoms with Crippen LogP contribution in [0.3, 0.4) is 0 Å². The number of hydrogen-bond donors (Lipinski definition) is 1. The second-order valence-electron chi connectivity index (χ2n) is 9.24. The van der Waals surface area contributed by atoms with E-state index in [1.54, 1.807) is 24.3 Å². The Labute approximate surface area is 186 Å². The Morgan fingerprint density at radius 1 is 1.00 bits per heavy atom. The average Bonchev–Trinajstić information content (AvgIpc) is 3.43. The maximum Gasteiger partial charge on any atom is 0.269 e. The maximum atomic E-state index is 12.3. The molecule has 6 rings (SSSR count). The van der Waals surface area contributed by atoms with Gasteiger partial charge in [-0.15, -0.1) is 0 Å². The third-order valence-corrected chi connectivity index (χ3v) is 8.49. The highest BCUT2D eigenvalue weighted by atomic mass is 32.2. The Hall–Kier alpha value is -2.97. The van der Waals surface area contributed by atoms with Gasteiger partial charge in [-0.05, 0) is 53.5 Å². The molecule has 0 bridgehead atoms. The van der Waals surface area contributed by atoms with Crippen molar-refractivity contribution >= 4 is 21.4 Å². The summed E-state index contributed by atoms with van der Waals surface area (Å²) in [6.45, 7) is 0.872. The van der Waals surface area contributed by atoms with E-state index in [2.05, 4.69) is 29.2 Å². The quantitative estimate of drug-likeness (QED) is 0.431. The Morgan fingerprint density at radius 2 is 1.66 bits per heavy atom. The number of fused-ring (bicyclic) bond motifs is 4. The number of benzene rings is 2. The number of rotatable bonds is 3. The molecule has 2 aromatic carbocycles. The van der Waals surface area contributed by atoms with Crippen molar-refractivity contribution < 1.29 is 13.3 Å². The summed E-state index contributed by atoms with van der Waals surface area (Å²) >= 11 is 0. The SMILES string of the molecule is NS(=O)(=O)c1cc2c3c(c1)[C@@H]1C=CC[C@@H]1[C@@H](c1ccc([N+](=O)[O-])cc1)N3C[C@@H]1CC=C[C@@H]21. The molecular weight excluding hydrogens is 426 g/mol. The number of nitrogens with two attached hydrogens (primary N) is 1. The second-order valence-corrected chi connectivity index (χ2v) is 10.8. The lowest BCUT2D eigenvalue weighted by Crippen LogP contribution is -2.46. The van der Waals surface area contributed by atoms with Crippen LogP contribution < -0.4 is 10.0 Å². The number of nitro groups is 1. The first-order valence-corrected chi connectivity index (χ1v) is 12.4. The largest absolute Gasteiger partial charge is 0.363 e. The van der Waals surface area contributed by atoms with Crippen LogP contribution >= 0.6 is 0 Å². The number of primary sulfonamides is 1. The minimum Gasteiger partial charge on any atom is -0.363 e. The average molecular weight is 450 g/mol. The molecule has 2 heterocycles. The highest BCUT2D eigenvalue weighted by molar-refractivity contribution is 7.89. The zero-order valence-corrected chi connectivity index (χ0v) is 18.1. The van der Waals surface area contributed by atoms with Gasteiger partial charge in [0.25, 0.3) is 5.69 Å². The van der Waals surface area contributed by atoms with Gasteiger partial charge in [0.2, 0.25) is 10.0 Å². The molecule has 8 heteroatoms. The van der Waals surface area contributed by atoms with E-state index in [-0.39, 0.29) is 39.3 Å². The smallest absolute Gasteiger partial charge is 0.269 e. The summed E-state index contributed by atoms with van der Waals surface area (Å²) in [5.41, 5.74) is 4.32. The number of hydrogen-bond acceptors (Lipinski definition) is 5. The number of nitrogens with zero attached hydrogens (tertiary/aromatic N) is 2. The van der Waals surface area contributed by atoms with E-state index in [0.717, 1.165) is 41.8 Å². The Balaban J connectivity index is 1.57. The van der Waals surface area contributed by atoms with Crippen molar-refractivity contribution in [3.05, 3.63) is 87.5 Å². The predicted molar refractivity (Wildman–Crippen MR) is 121 cm³/mol. The standard InChI is InChI=1S/C24H23N3O4S/c25-32(30,31)17-11-21-18-4-1-3-15(18)13-26-23(14-7-9-16(10-8-14)27(28)29)20-6-2-5-19(20)22(12-17)24(21)26/h1-2,4-5,7-12,15,18-20,23H,3,6,13H2,(H2,25,30,31)/t15-,18+,19+,20-,23+/m0/s1. The van der Waals surface area contributed by atoms with Gasteiger partial charge in [0.15, 0.2) is 0 Å². The van der Waals surface area contributed by atoms with Gasteiger partial charge in [-0.1, -0.05) is 36.4 Å². The van der Waals surface area contributed by atoms with Crippen LogP contribution in [0.5, 0.6) is 0 Å². The van der Waals surface area contributed by atoms with Gasteiger partial charge in [0, 0.05) is 36.2 Å². The molecule has 0 saturated carbocycles. The summed E-state index contributed by atoms with van der Waals surface area (Å²) in [7, 11) is -3.83. The number of non-ortho nitro benzene ring substituents is 1. The van der Waals surface area contributed by atoms with E-state index in [1.807, 2.05) is 12.1 Å². The van der Waals surface area contributed by atoms with Crippen molar-refractivity contribution in [2.75, 3.05) is 11.4 Å². The monoisotopic (exact) mass is 449 g/mol. The van der Waals surface area contributed by atoms with E-state index in [4.69, 9.17) is 5.14 Å². The summed E-state index contributed by atoms with van der Waals surface area (Å²) in [6.07, 6.45) is 10.6. The predicted octanol–water partition coefficient (Wildman–Crippen LogP) is 4.14. The highest BCUT2D eigenvalue weighted by Gasteiger charge is 2.48. The van der Waals surface area contributed by atoms with Crippen LogP contribution in [0.2, 0.25) is 0 Å². The van der Waals surface area contributed by atoms with Crippen LogP contribution in [0.25, 0.3) is 0 Å². The Morgan fingerprint density at radius 3 is 2.34 bits per heavy atom. The van der Waals surface area contributed by atoms with Crippen LogP contribution in [0.1, 0.15) is 47.4 Å². The van der Waals surface area contributed by atoms with Crippen molar-refractivity contribution in [2.45, 2.75) is 35.6 Å². The van der Waals surface area contributed by atoms with E-state index >= 15 is 0 Å². The maximum absolute atomic E-state index is 12.3. The fourth-order valence-electron chi connectivity index (χ4n) is 6.28. The first-order chi connectivity index (χ1) is 15.3. The minimum absolute atomic E-state index is 0.0731. The molecular formula is C24H23N3O4S. The van der Waals surface area contributed by atoms with Gasteiger partial charge >= 0.3 is 0 Å². The van der Waals surface area contributed by atoms with Crippen molar-refractivity contribution in [1.29, 1.82) is 0 Å². The summed E-state index contributed by atoms with van der Waals surface area (Å²) in [5, 5.41) is 16.7. The molecule has 0 spiro atoms. The van der Waals surface area contributed by atoms with Crippen molar-refractivity contribution in [3.63, 3.8) is 0 Å². The van der Waals surface area contributed by atoms with Gasteiger partial charge in [0.05, 0.1) is 15.9 Å². The molecule has 2 N–H and O–H groups in total. The molecule has 0 aromatic heterocycles. The molecule has 0 fully saturated rings. The zero-order valence-electron chi connectivity index (χ0n) is 17.3. The van der Waals surface area contributed by atoms with Crippen LogP contribution in [0.4, 0.5) is 11.4 Å². The number of allylic oxidation sites excluding steroid dienone is 4. The van der Waals surface area contributed by atoms with Gasteiger partial charge in [-0.3, -0.25) is 10.1 Å². The van der Waals surface area contributed by atoms with Crippen molar-refractivity contribution in [1.82, 2.24) is 0 Å². The molecule has 0 amide bonds. The van der Waals surface area contributed by atoms with Crippen LogP contribution in [0, 0.1) is 22.0 Å². The topological polar surface area (TPSA) is 107 Å². The summed E-state index contributed by atoms with van der Waals surface area (Å²) < 4.78 is 24.6. The lowest BCUT2D eigenvalue weighted by molar-refractivity contribution is -0.384. The Bertz CT molecular complexity index is 1280. The first-order valence-electron chi connectivity index (χ1n) is 10.9. The fourth-order valence-corrected chi connectivity index (χ4v) is 6.87. The summed E-state index contributed by atoms with van der Waals surface area (Å²) in [4.78, 5) is 13.4. The fraction of sp³-hybridized carbons (Fsp3) is 0.333. The van der Waals surface area contributed by atoms with Crippen LogP contribution in [-0.4, -0.2) is 19.9 Å².